The number of nitrogens with zero attached hydrogens (tertiary/aromatic N) is 4. The molecule has 0 aromatic heterocycles. The van der Waals surface area contributed by atoms with Gasteiger partial charge < -0.3 is 0 Å². The lowest BCUT2D eigenvalue weighted by Crippen LogP contribution is -2.52. The van der Waals surface area contributed by atoms with Gasteiger partial charge in [0, 0.05) is 12.0 Å². The number of allylic oxidation sites excluding steroid dienone is 1. The maximum Gasteiger partial charge on any atom is 0.343 e. The Hall–Kier alpha value is -4.59. The van der Waals surface area contributed by atoms with Crippen LogP contribution in [-0.4, -0.2) is 33.4 Å². The van der Waals surface area contributed by atoms with E-state index in [9.17, 15) is 40.9 Å². The Balaban J connectivity index is 2.13. The molecule has 40 heavy (non-hydrogen) atoms. The first kappa shape index (κ1) is 28.4. The minimum absolute atomic E-state index is 0.0285. The van der Waals surface area contributed by atoms with Crippen molar-refractivity contribution in [3.05, 3.63) is 101 Å². The van der Waals surface area contributed by atoms with Crippen molar-refractivity contribution in [3.8, 4) is 12.1 Å². The van der Waals surface area contributed by atoms with E-state index in [-0.39, 0.29) is 38.0 Å². The second-order valence-corrected chi connectivity index (χ2v) is 12.6. The van der Waals surface area contributed by atoms with Gasteiger partial charge in [0.15, 0.2) is 9.84 Å². The number of benzene rings is 3. The molecule has 13 heteroatoms. The summed E-state index contributed by atoms with van der Waals surface area (Å²) in [6, 6.07) is 13.8. The van der Waals surface area contributed by atoms with Crippen LogP contribution in [0.25, 0.3) is 0 Å². The molecular formula is C27H20F2N4O5S2. The van der Waals surface area contributed by atoms with Crippen LogP contribution in [0.1, 0.15) is 29.7 Å². The molecule has 1 aliphatic rings. The molecule has 0 fully saturated rings. The van der Waals surface area contributed by atoms with E-state index in [4.69, 9.17) is 0 Å². The van der Waals surface area contributed by atoms with Gasteiger partial charge in [-0.3, -0.25) is 4.90 Å². The Morgan fingerprint density at radius 1 is 0.925 bits per heavy atom. The molecule has 0 N–H and O–H groups in total. The van der Waals surface area contributed by atoms with Crippen molar-refractivity contribution < 1.29 is 30.4 Å². The standard InChI is InChI=1S/C27H20F2N4O5S2/c1-17-22(16-31)26(21-11-10-19(15-30)13-25(21)39(2,35)36)33(40(37,38)24-9-4-3-8-23(24)29)27(34)32(17)20-7-5-6-18(12-20)14-28/h3-13,26H,14H2,1-2H3/t26-/m1/s1. The van der Waals surface area contributed by atoms with Crippen LogP contribution in [0, 0.1) is 28.5 Å². The Kier molecular flexibility index (Phi) is 7.48. The third kappa shape index (κ3) is 4.81. The number of sulfone groups is 1. The molecule has 204 valence electrons. The second kappa shape index (κ2) is 10.5. The van der Waals surface area contributed by atoms with Crippen molar-refractivity contribution in [1.82, 2.24) is 4.31 Å². The number of alkyl halides is 1. The highest BCUT2D eigenvalue weighted by molar-refractivity contribution is 7.91. The summed E-state index contributed by atoms with van der Waals surface area (Å²) >= 11 is 0. The topological polar surface area (TPSA) is 139 Å². The highest BCUT2D eigenvalue weighted by Gasteiger charge is 2.48. The fraction of sp³-hybridized carbons (Fsp3) is 0.148. The average Bonchev–Trinajstić information content (AvgIpc) is 2.92. The quantitative estimate of drug-likeness (QED) is 0.409. The number of halogens is 2. The number of urea groups is 1. The van der Waals surface area contributed by atoms with Crippen LogP contribution >= 0.6 is 0 Å². The van der Waals surface area contributed by atoms with Gasteiger partial charge >= 0.3 is 6.03 Å². The number of carbonyl (C=O) groups is 1. The molecule has 0 radical (unpaired) electrons. The highest BCUT2D eigenvalue weighted by Crippen LogP contribution is 2.44. The summed E-state index contributed by atoms with van der Waals surface area (Å²) in [5.41, 5.74) is -0.576. The predicted octanol–water partition coefficient (Wildman–Crippen LogP) is 4.74. The van der Waals surface area contributed by atoms with E-state index >= 15 is 0 Å². The molecule has 0 bridgehead atoms. The Bertz CT molecular complexity index is 1880. The van der Waals surface area contributed by atoms with Crippen molar-refractivity contribution in [3.63, 3.8) is 0 Å². The number of sulfonamides is 1. The first-order valence-corrected chi connectivity index (χ1v) is 14.8. The van der Waals surface area contributed by atoms with Gasteiger partial charge in [-0.25, -0.2) is 34.7 Å². The summed E-state index contributed by atoms with van der Waals surface area (Å²) in [5.74, 6) is -1.19. The van der Waals surface area contributed by atoms with Gasteiger partial charge in [0.25, 0.3) is 10.0 Å². The minimum atomic E-state index is -5.09. The van der Waals surface area contributed by atoms with Crippen LogP contribution in [-0.2, 0) is 26.5 Å². The summed E-state index contributed by atoms with van der Waals surface area (Å²) in [7, 11) is -9.24. The zero-order valence-corrected chi connectivity index (χ0v) is 22.7. The zero-order chi connectivity index (χ0) is 29.4. The van der Waals surface area contributed by atoms with Gasteiger partial charge in [0.1, 0.15) is 23.4 Å². The minimum Gasteiger partial charge on any atom is -0.265 e. The van der Waals surface area contributed by atoms with Gasteiger partial charge in [0.2, 0.25) is 0 Å². The molecule has 9 nitrogen and oxygen atoms in total. The van der Waals surface area contributed by atoms with Gasteiger partial charge in [-0.1, -0.05) is 30.3 Å². The largest absolute Gasteiger partial charge is 0.343 e. The molecule has 0 unspecified atom stereocenters. The molecule has 3 aromatic carbocycles. The molecule has 1 atom stereocenters. The molecule has 0 aliphatic carbocycles. The van der Waals surface area contributed by atoms with E-state index in [1.165, 1.54) is 49.4 Å². The van der Waals surface area contributed by atoms with Crippen LogP contribution < -0.4 is 4.90 Å². The van der Waals surface area contributed by atoms with Crippen molar-refractivity contribution in [2.75, 3.05) is 11.2 Å². The number of carbonyl (C=O) groups excluding carboxylic acids is 1. The number of rotatable bonds is 6. The monoisotopic (exact) mass is 582 g/mol. The Labute approximate surface area is 229 Å². The Morgan fingerprint density at radius 2 is 1.62 bits per heavy atom. The van der Waals surface area contributed by atoms with E-state index in [1.807, 2.05) is 6.07 Å². The van der Waals surface area contributed by atoms with E-state index in [0.29, 0.717) is 0 Å². The fourth-order valence-corrected chi connectivity index (χ4v) is 6.96. The van der Waals surface area contributed by atoms with E-state index < -0.39 is 54.2 Å². The molecule has 1 heterocycles. The van der Waals surface area contributed by atoms with Crippen LogP contribution in [0.15, 0.2) is 87.8 Å². The smallest absolute Gasteiger partial charge is 0.265 e. The van der Waals surface area contributed by atoms with Gasteiger partial charge in [-0.2, -0.15) is 10.5 Å². The van der Waals surface area contributed by atoms with Crippen molar-refractivity contribution >= 4 is 31.6 Å². The molecule has 4 rings (SSSR count). The van der Waals surface area contributed by atoms with Crippen molar-refractivity contribution in [2.24, 2.45) is 0 Å². The normalized spacial score (nSPS) is 16.1. The first-order chi connectivity index (χ1) is 18.9. The fourth-order valence-electron chi connectivity index (χ4n) is 4.45. The average molecular weight is 583 g/mol. The lowest BCUT2D eigenvalue weighted by atomic mass is 9.94. The summed E-state index contributed by atoms with van der Waals surface area (Å²) in [5, 5.41) is 19.6. The molecular weight excluding hydrogens is 562 g/mol. The highest BCUT2D eigenvalue weighted by atomic mass is 32.2. The summed E-state index contributed by atoms with van der Waals surface area (Å²) < 4.78 is 82.1. The lowest BCUT2D eigenvalue weighted by Gasteiger charge is -2.41. The third-order valence-corrected chi connectivity index (χ3v) is 9.19. The maximum absolute atomic E-state index is 14.9. The van der Waals surface area contributed by atoms with Gasteiger partial charge in [0.05, 0.1) is 33.9 Å². The first-order valence-electron chi connectivity index (χ1n) is 11.5. The van der Waals surface area contributed by atoms with Crippen LogP contribution in [0.2, 0.25) is 0 Å². The number of nitriles is 2. The van der Waals surface area contributed by atoms with Gasteiger partial charge in [-0.15, -0.1) is 0 Å². The molecule has 0 spiro atoms. The van der Waals surface area contributed by atoms with Crippen LogP contribution in [0.4, 0.5) is 19.3 Å². The van der Waals surface area contributed by atoms with E-state index in [2.05, 4.69) is 0 Å². The van der Waals surface area contributed by atoms with Crippen molar-refractivity contribution in [1.29, 1.82) is 10.5 Å². The third-order valence-electron chi connectivity index (χ3n) is 6.27. The molecule has 3 aromatic rings. The summed E-state index contributed by atoms with van der Waals surface area (Å²) in [6.45, 7) is 0.453. The Morgan fingerprint density at radius 3 is 2.23 bits per heavy atom. The van der Waals surface area contributed by atoms with E-state index in [0.717, 1.165) is 35.4 Å². The number of hydrogen-bond acceptors (Lipinski definition) is 7. The van der Waals surface area contributed by atoms with E-state index in [1.54, 1.807) is 6.07 Å². The number of hydrogen-bond donors (Lipinski definition) is 0. The molecule has 2 amide bonds. The summed E-state index contributed by atoms with van der Waals surface area (Å²) in [4.78, 5) is 13.6. The van der Waals surface area contributed by atoms with Crippen LogP contribution in [0.3, 0.4) is 0 Å². The predicted molar refractivity (Wildman–Crippen MR) is 140 cm³/mol. The molecule has 1 aliphatic heterocycles. The second-order valence-electron chi connectivity index (χ2n) is 8.80. The number of anilines is 1. The van der Waals surface area contributed by atoms with Crippen LogP contribution in [0.5, 0.6) is 0 Å². The number of amides is 2. The summed E-state index contributed by atoms with van der Waals surface area (Å²) in [6.07, 6.45) is 0.824. The van der Waals surface area contributed by atoms with Crippen molar-refractivity contribution in [2.45, 2.75) is 29.4 Å². The molecule has 0 saturated heterocycles. The van der Waals surface area contributed by atoms with Gasteiger partial charge in [-0.05, 0) is 54.4 Å². The SMILES string of the molecule is CC1=C(C#N)[C@@H](c2ccc(C#N)cc2S(C)(=O)=O)N(S(=O)(=O)c2ccccc2F)C(=O)N1c1cccc(CF)c1. The molecule has 0 saturated carbocycles. The lowest BCUT2D eigenvalue weighted by molar-refractivity contribution is 0.220. The zero-order valence-electron chi connectivity index (χ0n) is 21.0. The maximum atomic E-state index is 14.9.